The number of aliphatic hydroxyl groups is 1. The molecule has 0 heterocycles. The van der Waals surface area contributed by atoms with Crippen LogP contribution in [0.2, 0.25) is 0 Å². The van der Waals surface area contributed by atoms with Crippen molar-refractivity contribution >= 4 is 5.97 Å². The Bertz CT molecular complexity index is 516. The van der Waals surface area contributed by atoms with Gasteiger partial charge in [-0.15, -0.1) is 0 Å². The maximum absolute atomic E-state index is 14.1. The largest absolute Gasteiger partial charge is 0.461 e. The highest BCUT2D eigenvalue weighted by Gasteiger charge is 2.62. The number of fused-ring (bicyclic) bond motifs is 1. The van der Waals surface area contributed by atoms with E-state index in [2.05, 4.69) is 4.74 Å². The molecule has 1 atom stereocenters. The minimum absolute atomic E-state index is 0.0819. The normalized spacial score (nSPS) is 22.2. The van der Waals surface area contributed by atoms with Gasteiger partial charge in [-0.05, 0) is 43.0 Å². The van der Waals surface area contributed by atoms with E-state index in [0.717, 1.165) is 18.2 Å². The van der Waals surface area contributed by atoms with Crippen LogP contribution in [0.25, 0.3) is 0 Å². The number of carbonyl (C=O) groups excluding carboxylic acids is 1. The van der Waals surface area contributed by atoms with E-state index in [4.69, 9.17) is 0 Å². The first-order valence-electron chi connectivity index (χ1n) is 5.89. The summed E-state index contributed by atoms with van der Waals surface area (Å²) in [4.78, 5) is 11.3. The van der Waals surface area contributed by atoms with Crippen LogP contribution in [0.1, 0.15) is 24.5 Å². The molecule has 0 aliphatic heterocycles. The SMILES string of the molecule is CCOC(=O)C(F)(F)C1(O)CCc2cc(F)ccc21. The van der Waals surface area contributed by atoms with Crippen molar-refractivity contribution in [3.63, 3.8) is 0 Å². The number of benzene rings is 1. The third-order valence-corrected chi connectivity index (χ3v) is 3.32. The van der Waals surface area contributed by atoms with Gasteiger partial charge in [0.25, 0.3) is 0 Å². The van der Waals surface area contributed by atoms with Gasteiger partial charge in [0.1, 0.15) is 5.82 Å². The number of halogens is 3. The van der Waals surface area contributed by atoms with Gasteiger partial charge >= 0.3 is 11.9 Å². The van der Waals surface area contributed by atoms with Crippen molar-refractivity contribution in [1.82, 2.24) is 0 Å². The minimum Gasteiger partial charge on any atom is -0.461 e. The molecule has 0 saturated carbocycles. The number of esters is 1. The summed E-state index contributed by atoms with van der Waals surface area (Å²) in [5.74, 6) is -6.40. The third kappa shape index (κ3) is 2.00. The molecule has 1 aromatic rings. The maximum atomic E-state index is 14.1. The van der Waals surface area contributed by atoms with E-state index >= 15 is 0 Å². The molecule has 0 saturated heterocycles. The zero-order chi connectivity index (χ0) is 14.3. The van der Waals surface area contributed by atoms with Crippen LogP contribution in [-0.4, -0.2) is 23.6 Å². The van der Waals surface area contributed by atoms with E-state index in [1.807, 2.05) is 0 Å². The fourth-order valence-electron chi connectivity index (χ4n) is 2.34. The first kappa shape index (κ1) is 13.9. The number of hydrogen-bond donors (Lipinski definition) is 1. The lowest BCUT2D eigenvalue weighted by molar-refractivity contribution is -0.216. The summed E-state index contributed by atoms with van der Waals surface area (Å²) >= 11 is 0. The smallest absolute Gasteiger partial charge is 0.380 e. The van der Waals surface area contributed by atoms with Gasteiger partial charge in [0.05, 0.1) is 6.61 Å². The molecule has 0 amide bonds. The lowest BCUT2D eigenvalue weighted by Gasteiger charge is -2.31. The Morgan fingerprint density at radius 2 is 2.21 bits per heavy atom. The molecule has 1 aromatic carbocycles. The number of carbonyl (C=O) groups is 1. The number of aryl methyl sites for hydroxylation is 1. The molecule has 0 fully saturated rings. The number of rotatable bonds is 3. The zero-order valence-electron chi connectivity index (χ0n) is 10.3. The second-order valence-electron chi connectivity index (χ2n) is 4.46. The van der Waals surface area contributed by atoms with E-state index < -0.39 is 23.3 Å². The van der Waals surface area contributed by atoms with E-state index in [0.29, 0.717) is 0 Å². The van der Waals surface area contributed by atoms with Crippen LogP contribution in [0, 0.1) is 5.82 Å². The predicted molar refractivity (Wildman–Crippen MR) is 60.2 cm³/mol. The lowest BCUT2D eigenvalue weighted by atomic mass is 9.89. The van der Waals surface area contributed by atoms with Gasteiger partial charge in [-0.3, -0.25) is 0 Å². The van der Waals surface area contributed by atoms with Crippen molar-refractivity contribution < 1.29 is 27.8 Å². The van der Waals surface area contributed by atoms with Crippen molar-refractivity contribution in [2.24, 2.45) is 0 Å². The lowest BCUT2D eigenvalue weighted by Crippen LogP contribution is -2.50. The van der Waals surface area contributed by atoms with Crippen LogP contribution in [0.5, 0.6) is 0 Å². The Morgan fingerprint density at radius 1 is 1.53 bits per heavy atom. The summed E-state index contributed by atoms with van der Waals surface area (Å²) in [5.41, 5.74) is -2.47. The van der Waals surface area contributed by atoms with E-state index in [1.165, 1.54) is 6.92 Å². The second-order valence-corrected chi connectivity index (χ2v) is 4.46. The van der Waals surface area contributed by atoms with Crippen LogP contribution in [0.15, 0.2) is 18.2 Å². The summed E-state index contributed by atoms with van der Waals surface area (Å²) in [6.45, 7) is 1.19. The van der Waals surface area contributed by atoms with Crippen molar-refractivity contribution in [3.05, 3.63) is 35.1 Å². The molecule has 0 radical (unpaired) electrons. The molecule has 104 valence electrons. The molecule has 1 aliphatic carbocycles. The molecular formula is C13H13F3O3. The number of alkyl halides is 2. The topological polar surface area (TPSA) is 46.5 Å². The average molecular weight is 274 g/mol. The van der Waals surface area contributed by atoms with Gasteiger partial charge in [0.15, 0.2) is 5.60 Å². The molecule has 6 heteroatoms. The zero-order valence-corrected chi connectivity index (χ0v) is 10.3. The van der Waals surface area contributed by atoms with Gasteiger partial charge in [0.2, 0.25) is 0 Å². The highest BCUT2D eigenvalue weighted by Crippen LogP contribution is 2.47. The van der Waals surface area contributed by atoms with Crippen LogP contribution >= 0.6 is 0 Å². The molecule has 1 aliphatic rings. The molecular weight excluding hydrogens is 261 g/mol. The van der Waals surface area contributed by atoms with Crippen molar-refractivity contribution in [3.8, 4) is 0 Å². The Kier molecular flexibility index (Phi) is 3.30. The monoisotopic (exact) mass is 274 g/mol. The summed E-state index contributed by atoms with van der Waals surface area (Å²) in [6, 6.07) is 3.16. The highest BCUT2D eigenvalue weighted by molar-refractivity contribution is 5.80. The predicted octanol–water partition coefficient (Wildman–Crippen LogP) is 2.16. The summed E-state index contributed by atoms with van der Waals surface area (Å²) in [6.07, 6.45) is -0.268. The third-order valence-electron chi connectivity index (χ3n) is 3.32. The first-order valence-corrected chi connectivity index (χ1v) is 5.89. The molecule has 1 unspecified atom stereocenters. The molecule has 2 rings (SSSR count). The van der Waals surface area contributed by atoms with Crippen molar-refractivity contribution in [2.75, 3.05) is 6.61 Å². The van der Waals surface area contributed by atoms with E-state index in [1.54, 1.807) is 0 Å². The first-order chi connectivity index (χ1) is 8.83. The van der Waals surface area contributed by atoms with E-state index in [9.17, 15) is 23.1 Å². The quantitative estimate of drug-likeness (QED) is 0.859. The van der Waals surface area contributed by atoms with Gasteiger partial charge in [-0.1, -0.05) is 6.07 Å². The second kappa shape index (κ2) is 4.52. The van der Waals surface area contributed by atoms with Crippen molar-refractivity contribution in [2.45, 2.75) is 31.3 Å². The summed E-state index contributed by atoms with van der Waals surface area (Å²) in [7, 11) is 0. The minimum atomic E-state index is -4.06. The molecule has 0 aromatic heterocycles. The maximum Gasteiger partial charge on any atom is 0.380 e. The molecule has 19 heavy (non-hydrogen) atoms. The molecule has 0 bridgehead atoms. The van der Waals surface area contributed by atoms with Gasteiger partial charge < -0.3 is 9.84 Å². The van der Waals surface area contributed by atoms with Gasteiger partial charge in [-0.25, -0.2) is 9.18 Å². The highest BCUT2D eigenvalue weighted by atomic mass is 19.3. The Morgan fingerprint density at radius 3 is 2.84 bits per heavy atom. The van der Waals surface area contributed by atoms with E-state index in [-0.39, 0.29) is 30.6 Å². The molecule has 3 nitrogen and oxygen atoms in total. The summed E-state index contributed by atoms with van der Waals surface area (Å²) < 4.78 is 45.4. The fourth-order valence-corrected chi connectivity index (χ4v) is 2.34. The number of hydrogen-bond acceptors (Lipinski definition) is 3. The Labute approximate surface area is 108 Å². The number of ether oxygens (including phenoxy) is 1. The average Bonchev–Trinajstić information content (AvgIpc) is 2.68. The standard InChI is InChI=1S/C13H13F3O3/c1-2-19-11(17)13(15,16)12(18)6-5-8-7-9(14)3-4-10(8)12/h3-4,7,18H,2,5-6H2,1H3. The van der Waals surface area contributed by atoms with Crippen LogP contribution < -0.4 is 0 Å². The van der Waals surface area contributed by atoms with Gasteiger partial charge in [0, 0.05) is 0 Å². The van der Waals surface area contributed by atoms with Gasteiger partial charge in [-0.2, -0.15) is 8.78 Å². The molecule has 1 N–H and O–H groups in total. The molecule has 0 spiro atoms. The Balaban J connectivity index is 2.44. The van der Waals surface area contributed by atoms with Crippen LogP contribution in [0.3, 0.4) is 0 Å². The fraction of sp³-hybridized carbons (Fsp3) is 0.462. The van der Waals surface area contributed by atoms with Crippen LogP contribution in [0.4, 0.5) is 13.2 Å². The van der Waals surface area contributed by atoms with Crippen molar-refractivity contribution in [1.29, 1.82) is 0 Å². The summed E-state index contributed by atoms with van der Waals surface area (Å²) in [5, 5.41) is 10.2. The van der Waals surface area contributed by atoms with Crippen LogP contribution in [-0.2, 0) is 21.6 Å². The Hall–Kier alpha value is -1.56.